The standard InChI is InChI=1S/C15H30N2O/c1-14(2)11-17(10-9-16(3)4)12-15(13-18)7-5-6-8-15/h13-14H,5-12H2,1-4H3. The number of hydrogen-bond donors (Lipinski definition) is 0. The molecule has 0 aliphatic heterocycles. The molecular weight excluding hydrogens is 224 g/mol. The highest BCUT2D eigenvalue weighted by atomic mass is 16.1. The molecule has 1 saturated carbocycles. The van der Waals surface area contributed by atoms with Crippen molar-refractivity contribution in [2.24, 2.45) is 11.3 Å². The van der Waals surface area contributed by atoms with Crippen molar-refractivity contribution in [3.05, 3.63) is 0 Å². The van der Waals surface area contributed by atoms with E-state index in [9.17, 15) is 4.79 Å². The van der Waals surface area contributed by atoms with Crippen molar-refractivity contribution in [2.75, 3.05) is 40.3 Å². The Morgan fingerprint density at radius 3 is 2.22 bits per heavy atom. The Balaban J connectivity index is 2.55. The van der Waals surface area contributed by atoms with Gasteiger partial charge >= 0.3 is 0 Å². The van der Waals surface area contributed by atoms with Gasteiger partial charge in [0.15, 0.2) is 0 Å². The third-order valence-corrected chi connectivity index (χ3v) is 3.87. The predicted octanol–water partition coefficient (Wildman–Crippen LogP) is 2.27. The first-order valence-corrected chi connectivity index (χ1v) is 7.31. The molecule has 1 fully saturated rings. The van der Waals surface area contributed by atoms with Crippen molar-refractivity contribution in [1.29, 1.82) is 0 Å². The molecule has 0 unspecified atom stereocenters. The maximum absolute atomic E-state index is 11.5. The van der Waals surface area contributed by atoms with Gasteiger partial charge in [-0.05, 0) is 32.9 Å². The van der Waals surface area contributed by atoms with E-state index in [1.807, 2.05) is 0 Å². The molecule has 0 heterocycles. The lowest BCUT2D eigenvalue weighted by molar-refractivity contribution is -0.117. The van der Waals surface area contributed by atoms with E-state index in [-0.39, 0.29) is 5.41 Å². The minimum absolute atomic E-state index is 0.0405. The molecule has 0 spiro atoms. The van der Waals surface area contributed by atoms with E-state index in [2.05, 4.69) is 37.7 Å². The van der Waals surface area contributed by atoms with Crippen molar-refractivity contribution < 1.29 is 4.79 Å². The van der Waals surface area contributed by atoms with Gasteiger partial charge in [0.1, 0.15) is 6.29 Å². The van der Waals surface area contributed by atoms with E-state index in [1.54, 1.807) is 0 Å². The van der Waals surface area contributed by atoms with Gasteiger partial charge in [-0.3, -0.25) is 0 Å². The van der Waals surface area contributed by atoms with Gasteiger partial charge in [0.25, 0.3) is 0 Å². The van der Waals surface area contributed by atoms with Crippen LogP contribution in [-0.2, 0) is 4.79 Å². The fraction of sp³-hybridized carbons (Fsp3) is 0.933. The Bertz CT molecular complexity index is 245. The fourth-order valence-electron chi connectivity index (χ4n) is 2.93. The number of rotatable bonds is 8. The normalized spacial score (nSPS) is 19.1. The summed E-state index contributed by atoms with van der Waals surface area (Å²) in [4.78, 5) is 16.2. The Labute approximate surface area is 113 Å². The number of aldehydes is 1. The molecule has 1 aliphatic carbocycles. The SMILES string of the molecule is CC(C)CN(CCN(C)C)CC1(C=O)CCCC1. The van der Waals surface area contributed by atoms with Crippen LogP contribution < -0.4 is 0 Å². The van der Waals surface area contributed by atoms with Crippen LogP contribution in [0.4, 0.5) is 0 Å². The van der Waals surface area contributed by atoms with Gasteiger partial charge in [-0.25, -0.2) is 0 Å². The largest absolute Gasteiger partial charge is 0.308 e. The minimum Gasteiger partial charge on any atom is -0.308 e. The lowest BCUT2D eigenvalue weighted by Gasteiger charge is -2.33. The predicted molar refractivity (Wildman–Crippen MR) is 76.8 cm³/mol. The van der Waals surface area contributed by atoms with Crippen LogP contribution in [0.2, 0.25) is 0 Å². The molecule has 0 radical (unpaired) electrons. The molecule has 1 aliphatic rings. The van der Waals surface area contributed by atoms with Crippen LogP contribution in [0.5, 0.6) is 0 Å². The fourth-order valence-corrected chi connectivity index (χ4v) is 2.93. The third kappa shape index (κ3) is 5.07. The zero-order valence-electron chi connectivity index (χ0n) is 12.6. The summed E-state index contributed by atoms with van der Waals surface area (Å²) in [6.45, 7) is 8.71. The van der Waals surface area contributed by atoms with Crippen LogP contribution >= 0.6 is 0 Å². The lowest BCUT2D eigenvalue weighted by Crippen LogP contribution is -2.42. The molecule has 0 aromatic heterocycles. The zero-order chi connectivity index (χ0) is 13.6. The van der Waals surface area contributed by atoms with Crippen LogP contribution in [0.1, 0.15) is 39.5 Å². The van der Waals surface area contributed by atoms with Gasteiger partial charge < -0.3 is 14.6 Å². The average molecular weight is 254 g/mol. The molecule has 3 heteroatoms. The maximum atomic E-state index is 11.5. The Morgan fingerprint density at radius 2 is 1.78 bits per heavy atom. The van der Waals surface area contributed by atoms with E-state index in [0.29, 0.717) is 5.92 Å². The zero-order valence-corrected chi connectivity index (χ0v) is 12.6. The van der Waals surface area contributed by atoms with Crippen LogP contribution in [0.25, 0.3) is 0 Å². The van der Waals surface area contributed by atoms with Crippen LogP contribution in [-0.4, -0.2) is 56.4 Å². The van der Waals surface area contributed by atoms with Gasteiger partial charge in [0.2, 0.25) is 0 Å². The highest BCUT2D eigenvalue weighted by molar-refractivity contribution is 5.60. The van der Waals surface area contributed by atoms with Crippen LogP contribution in [0.3, 0.4) is 0 Å². The Morgan fingerprint density at radius 1 is 1.17 bits per heavy atom. The second kappa shape index (κ2) is 7.25. The summed E-state index contributed by atoms with van der Waals surface area (Å²) in [7, 11) is 4.22. The average Bonchev–Trinajstić information content (AvgIpc) is 2.74. The second-order valence-corrected chi connectivity index (χ2v) is 6.62. The number of nitrogens with zero attached hydrogens (tertiary/aromatic N) is 2. The molecule has 0 aromatic rings. The molecule has 0 atom stereocenters. The van der Waals surface area contributed by atoms with Gasteiger partial charge in [0, 0.05) is 31.6 Å². The quantitative estimate of drug-likeness (QED) is 0.621. The minimum atomic E-state index is -0.0405. The third-order valence-electron chi connectivity index (χ3n) is 3.87. The molecule has 18 heavy (non-hydrogen) atoms. The molecule has 0 aromatic carbocycles. The molecule has 0 saturated heterocycles. The second-order valence-electron chi connectivity index (χ2n) is 6.62. The first-order valence-electron chi connectivity index (χ1n) is 7.31. The van der Waals surface area contributed by atoms with Crippen molar-refractivity contribution >= 4 is 6.29 Å². The van der Waals surface area contributed by atoms with E-state index in [0.717, 1.165) is 39.0 Å². The molecular formula is C15H30N2O. The topological polar surface area (TPSA) is 23.6 Å². The van der Waals surface area contributed by atoms with E-state index in [4.69, 9.17) is 0 Å². The van der Waals surface area contributed by atoms with Crippen molar-refractivity contribution in [2.45, 2.75) is 39.5 Å². The Hall–Kier alpha value is -0.410. The van der Waals surface area contributed by atoms with Gasteiger partial charge in [-0.1, -0.05) is 26.7 Å². The highest BCUT2D eigenvalue weighted by Gasteiger charge is 2.35. The molecule has 1 rings (SSSR count). The summed E-state index contributed by atoms with van der Waals surface area (Å²) in [5.41, 5.74) is -0.0405. The van der Waals surface area contributed by atoms with Crippen molar-refractivity contribution in [1.82, 2.24) is 9.80 Å². The summed E-state index contributed by atoms with van der Waals surface area (Å²) in [5, 5.41) is 0. The van der Waals surface area contributed by atoms with Gasteiger partial charge in [-0.15, -0.1) is 0 Å². The van der Waals surface area contributed by atoms with Gasteiger partial charge in [-0.2, -0.15) is 0 Å². The van der Waals surface area contributed by atoms with Crippen LogP contribution in [0.15, 0.2) is 0 Å². The molecule has 0 amide bonds. The van der Waals surface area contributed by atoms with E-state index < -0.39 is 0 Å². The highest BCUT2D eigenvalue weighted by Crippen LogP contribution is 2.36. The van der Waals surface area contributed by atoms with E-state index >= 15 is 0 Å². The lowest BCUT2D eigenvalue weighted by atomic mass is 9.87. The smallest absolute Gasteiger partial charge is 0.127 e. The summed E-state index contributed by atoms with van der Waals surface area (Å²) >= 11 is 0. The number of carbonyl (C=O) groups excluding carboxylic acids is 1. The van der Waals surface area contributed by atoms with Gasteiger partial charge in [0.05, 0.1) is 0 Å². The number of hydrogen-bond acceptors (Lipinski definition) is 3. The van der Waals surface area contributed by atoms with Crippen LogP contribution in [0, 0.1) is 11.3 Å². The van der Waals surface area contributed by atoms with Crippen molar-refractivity contribution in [3.63, 3.8) is 0 Å². The molecule has 106 valence electrons. The molecule has 3 nitrogen and oxygen atoms in total. The summed E-state index contributed by atoms with van der Waals surface area (Å²) in [6, 6.07) is 0. The summed E-state index contributed by atoms with van der Waals surface area (Å²) in [5.74, 6) is 0.664. The van der Waals surface area contributed by atoms with E-state index in [1.165, 1.54) is 19.1 Å². The summed E-state index contributed by atoms with van der Waals surface area (Å²) in [6.07, 6.45) is 5.87. The first kappa shape index (κ1) is 15.6. The number of carbonyl (C=O) groups is 1. The van der Waals surface area contributed by atoms with Crippen molar-refractivity contribution in [3.8, 4) is 0 Å². The Kier molecular flexibility index (Phi) is 6.30. The first-order chi connectivity index (χ1) is 8.47. The molecule has 0 N–H and O–H groups in total. The monoisotopic (exact) mass is 254 g/mol. The summed E-state index contributed by atoms with van der Waals surface area (Å²) < 4.78 is 0. The number of likely N-dealkylation sites (N-methyl/N-ethyl adjacent to an activating group) is 1. The molecule has 0 bridgehead atoms. The maximum Gasteiger partial charge on any atom is 0.127 e.